The SMILES string of the molecule is CN1CCN(CC2CCC(N)C2)c2ccccc21. The number of benzene rings is 1. The molecular formula is C15H23N3. The average molecular weight is 245 g/mol. The Kier molecular flexibility index (Phi) is 3.16. The first-order chi connectivity index (χ1) is 8.74. The van der Waals surface area contributed by atoms with Gasteiger partial charge in [0.25, 0.3) is 0 Å². The van der Waals surface area contributed by atoms with Gasteiger partial charge in [-0.05, 0) is 37.3 Å². The van der Waals surface area contributed by atoms with E-state index < -0.39 is 0 Å². The number of nitrogens with two attached hydrogens (primary N) is 1. The number of anilines is 2. The molecule has 3 heteroatoms. The lowest BCUT2D eigenvalue weighted by atomic mass is 10.1. The second kappa shape index (κ2) is 4.81. The predicted octanol–water partition coefficient (Wildman–Crippen LogP) is 2.07. The Morgan fingerprint density at radius 2 is 1.94 bits per heavy atom. The largest absolute Gasteiger partial charge is 0.371 e. The summed E-state index contributed by atoms with van der Waals surface area (Å²) in [7, 11) is 2.18. The smallest absolute Gasteiger partial charge is 0.0604 e. The summed E-state index contributed by atoms with van der Waals surface area (Å²) in [5, 5.41) is 0. The lowest BCUT2D eigenvalue weighted by molar-refractivity contribution is 0.518. The molecule has 1 aliphatic carbocycles. The molecule has 98 valence electrons. The van der Waals surface area contributed by atoms with Crippen molar-refractivity contribution in [1.82, 2.24) is 0 Å². The van der Waals surface area contributed by atoms with E-state index in [1.807, 2.05) is 0 Å². The maximum Gasteiger partial charge on any atom is 0.0604 e. The third kappa shape index (κ3) is 2.19. The molecule has 0 spiro atoms. The Balaban J connectivity index is 1.76. The fourth-order valence-corrected chi connectivity index (χ4v) is 3.35. The Hall–Kier alpha value is -1.22. The minimum atomic E-state index is 0.442. The van der Waals surface area contributed by atoms with Crippen molar-refractivity contribution in [2.75, 3.05) is 36.5 Å². The van der Waals surface area contributed by atoms with Gasteiger partial charge in [-0.2, -0.15) is 0 Å². The van der Waals surface area contributed by atoms with Gasteiger partial charge >= 0.3 is 0 Å². The van der Waals surface area contributed by atoms with Crippen molar-refractivity contribution in [1.29, 1.82) is 0 Å². The number of fused-ring (bicyclic) bond motifs is 1. The van der Waals surface area contributed by atoms with E-state index in [9.17, 15) is 0 Å². The van der Waals surface area contributed by atoms with Gasteiger partial charge < -0.3 is 15.5 Å². The fraction of sp³-hybridized carbons (Fsp3) is 0.600. The van der Waals surface area contributed by atoms with Gasteiger partial charge in [-0.1, -0.05) is 12.1 Å². The van der Waals surface area contributed by atoms with E-state index in [1.165, 1.54) is 37.2 Å². The van der Waals surface area contributed by atoms with E-state index in [4.69, 9.17) is 5.73 Å². The molecule has 1 aromatic rings. The predicted molar refractivity (Wildman–Crippen MR) is 77.2 cm³/mol. The molecule has 1 heterocycles. The zero-order chi connectivity index (χ0) is 12.5. The third-order valence-corrected chi connectivity index (χ3v) is 4.40. The first-order valence-corrected chi connectivity index (χ1v) is 7.05. The Labute approximate surface area is 110 Å². The highest BCUT2D eigenvalue weighted by Gasteiger charge is 2.26. The Morgan fingerprint density at radius 3 is 2.67 bits per heavy atom. The van der Waals surface area contributed by atoms with Crippen molar-refractivity contribution in [3.05, 3.63) is 24.3 Å². The normalized spacial score (nSPS) is 27.4. The molecule has 1 aliphatic heterocycles. The lowest BCUT2D eigenvalue weighted by Gasteiger charge is -2.38. The summed E-state index contributed by atoms with van der Waals surface area (Å²) in [5.74, 6) is 0.788. The van der Waals surface area contributed by atoms with Gasteiger partial charge in [-0.15, -0.1) is 0 Å². The van der Waals surface area contributed by atoms with Gasteiger partial charge in [-0.3, -0.25) is 0 Å². The zero-order valence-electron chi connectivity index (χ0n) is 11.2. The molecule has 0 bridgehead atoms. The average Bonchev–Trinajstić information content (AvgIpc) is 2.79. The summed E-state index contributed by atoms with van der Waals surface area (Å²) >= 11 is 0. The Morgan fingerprint density at radius 1 is 1.17 bits per heavy atom. The lowest BCUT2D eigenvalue weighted by Crippen LogP contribution is -2.41. The number of nitrogens with zero attached hydrogens (tertiary/aromatic N) is 2. The first-order valence-electron chi connectivity index (χ1n) is 7.05. The molecular weight excluding hydrogens is 222 g/mol. The van der Waals surface area contributed by atoms with Crippen molar-refractivity contribution in [3.8, 4) is 0 Å². The fourth-order valence-electron chi connectivity index (χ4n) is 3.35. The maximum absolute atomic E-state index is 6.02. The summed E-state index contributed by atoms with van der Waals surface area (Å²) in [6.07, 6.45) is 3.71. The molecule has 1 fully saturated rings. The van der Waals surface area contributed by atoms with Gasteiger partial charge in [0.05, 0.1) is 11.4 Å². The topological polar surface area (TPSA) is 32.5 Å². The van der Waals surface area contributed by atoms with Crippen LogP contribution < -0.4 is 15.5 Å². The second-order valence-electron chi connectivity index (χ2n) is 5.80. The molecule has 0 radical (unpaired) electrons. The first kappa shape index (κ1) is 11.8. The number of hydrogen-bond donors (Lipinski definition) is 1. The summed E-state index contributed by atoms with van der Waals surface area (Å²) in [5.41, 5.74) is 8.78. The van der Waals surface area contributed by atoms with Crippen LogP contribution >= 0.6 is 0 Å². The van der Waals surface area contributed by atoms with Crippen LogP contribution in [0.4, 0.5) is 11.4 Å². The molecule has 0 aromatic heterocycles. The van der Waals surface area contributed by atoms with Crippen molar-refractivity contribution in [3.63, 3.8) is 0 Å². The van der Waals surface area contributed by atoms with E-state index in [-0.39, 0.29) is 0 Å². The van der Waals surface area contributed by atoms with Crippen molar-refractivity contribution in [2.24, 2.45) is 11.7 Å². The molecule has 2 aliphatic rings. The zero-order valence-corrected chi connectivity index (χ0v) is 11.2. The number of rotatable bonds is 2. The van der Waals surface area contributed by atoms with E-state index in [0.717, 1.165) is 19.0 Å². The highest BCUT2D eigenvalue weighted by molar-refractivity contribution is 5.73. The maximum atomic E-state index is 6.02. The van der Waals surface area contributed by atoms with Gasteiger partial charge in [-0.25, -0.2) is 0 Å². The van der Waals surface area contributed by atoms with Crippen LogP contribution in [-0.4, -0.2) is 32.7 Å². The number of hydrogen-bond acceptors (Lipinski definition) is 3. The molecule has 18 heavy (non-hydrogen) atoms. The number of para-hydroxylation sites is 2. The van der Waals surface area contributed by atoms with E-state index in [2.05, 4.69) is 41.1 Å². The molecule has 2 N–H and O–H groups in total. The van der Waals surface area contributed by atoms with Crippen LogP contribution in [0.2, 0.25) is 0 Å². The minimum Gasteiger partial charge on any atom is -0.371 e. The molecule has 1 aromatic carbocycles. The molecule has 2 unspecified atom stereocenters. The van der Waals surface area contributed by atoms with Crippen LogP contribution in [0, 0.1) is 5.92 Å². The van der Waals surface area contributed by atoms with Gasteiger partial charge in [0, 0.05) is 32.7 Å². The van der Waals surface area contributed by atoms with Crippen molar-refractivity contribution >= 4 is 11.4 Å². The summed E-state index contributed by atoms with van der Waals surface area (Å²) in [4.78, 5) is 4.91. The van der Waals surface area contributed by atoms with Crippen molar-refractivity contribution in [2.45, 2.75) is 25.3 Å². The quantitative estimate of drug-likeness (QED) is 0.866. The highest BCUT2D eigenvalue weighted by atomic mass is 15.2. The van der Waals surface area contributed by atoms with Crippen molar-refractivity contribution < 1.29 is 0 Å². The standard InChI is InChI=1S/C15H23N3/c1-17-8-9-18(11-12-6-7-13(16)10-12)15-5-3-2-4-14(15)17/h2-5,12-13H,6-11,16H2,1H3. The molecule has 0 saturated heterocycles. The van der Waals surface area contributed by atoms with Crippen LogP contribution in [0.3, 0.4) is 0 Å². The summed E-state index contributed by atoms with van der Waals surface area (Å²) < 4.78 is 0. The van der Waals surface area contributed by atoms with Crippen LogP contribution in [0.1, 0.15) is 19.3 Å². The van der Waals surface area contributed by atoms with Crippen LogP contribution in [0.25, 0.3) is 0 Å². The van der Waals surface area contributed by atoms with Crippen LogP contribution in [0.15, 0.2) is 24.3 Å². The monoisotopic (exact) mass is 245 g/mol. The van der Waals surface area contributed by atoms with Gasteiger partial charge in [0.2, 0.25) is 0 Å². The van der Waals surface area contributed by atoms with E-state index >= 15 is 0 Å². The molecule has 1 saturated carbocycles. The third-order valence-electron chi connectivity index (χ3n) is 4.40. The summed E-state index contributed by atoms with van der Waals surface area (Å²) in [6.45, 7) is 3.44. The summed E-state index contributed by atoms with van der Waals surface area (Å²) in [6, 6.07) is 9.19. The van der Waals surface area contributed by atoms with E-state index in [1.54, 1.807) is 0 Å². The van der Waals surface area contributed by atoms with E-state index in [0.29, 0.717) is 6.04 Å². The highest BCUT2D eigenvalue weighted by Crippen LogP contribution is 2.34. The minimum absolute atomic E-state index is 0.442. The van der Waals surface area contributed by atoms with Gasteiger partial charge in [0.1, 0.15) is 0 Å². The Bertz CT molecular complexity index is 418. The van der Waals surface area contributed by atoms with Gasteiger partial charge in [0.15, 0.2) is 0 Å². The molecule has 0 amide bonds. The second-order valence-corrected chi connectivity index (χ2v) is 5.80. The molecule has 3 nitrogen and oxygen atoms in total. The molecule has 2 atom stereocenters. The number of likely N-dealkylation sites (N-methyl/N-ethyl adjacent to an activating group) is 1. The van der Waals surface area contributed by atoms with Crippen LogP contribution in [0.5, 0.6) is 0 Å². The van der Waals surface area contributed by atoms with Crippen LogP contribution in [-0.2, 0) is 0 Å². The molecule has 3 rings (SSSR count).